The highest BCUT2D eigenvalue weighted by Crippen LogP contribution is 2.39. The molecule has 0 aromatic carbocycles. The maximum Gasteiger partial charge on any atom is 0.306 e. The molecule has 37 nitrogen and oxygen atoms in total. The number of rotatable bonds is 11. The average molecular weight is 1220 g/mol. The van der Waals surface area contributed by atoms with Crippen molar-refractivity contribution in [2.24, 2.45) is 0 Å². The Balaban J connectivity index is 1.11. The van der Waals surface area contributed by atoms with Crippen molar-refractivity contribution in [2.75, 3.05) is 52.9 Å². The minimum Gasteiger partial charge on any atom is -0.454 e. The van der Waals surface area contributed by atoms with E-state index in [1.807, 2.05) is 0 Å². The summed E-state index contributed by atoms with van der Waals surface area (Å²) >= 11 is 0. The van der Waals surface area contributed by atoms with Crippen LogP contribution in [-0.2, 0) is 75.8 Å². The van der Waals surface area contributed by atoms with Crippen LogP contribution in [-0.4, -0.2) is 381 Å². The molecule has 15 aliphatic heterocycles. The number of carbonyl (C=O) groups is 1. The van der Waals surface area contributed by atoms with Crippen molar-refractivity contribution in [3.8, 4) is 0 Å². The van der Waals surface area contributed by atoms with Crippen molar-refractivity contribution in [2.45, 2.75) is 228 Å². The van der Waals surface area contributed by atoms with Crippen LogP contribution in [0.5, 0.6) is 0 Å². The first-order chi connectivity index (χ1) is 39.6. The van der Waals surface area contributed by atoms with E-state index in [1.54, 1.807) is 0 Å². The third kappa shape index (κ3) is 13.8. The van der Waals surface area contributed by atoms with E-state index >= 15 is 0 Å². The second-order valence-electron chi connectivity index (χ2n) is 20.9. The Kier molecular flexibility index (Phi) is 23.5. The molecule has 482 valence electrons. The van der Waals surface area contributed by atoms with Gasteiger partial charge in [0.15, 0.2) is 50.1 Å². The minimum atomic E-state index is -2.27. The summed E-state index contributed by atoms with van der Waals surface area (Å²) in [6.07, 6.45) is -72.2. The molecule has 15 heterocycles. The molecule has 0 aromatic heterocycles. The maximum atomic E-state index is 13.1. The monoisotopic (exact) mass is 1220 g/mol. The molecule has 0 spiro atoms. The highest BCUT2D eigenvalue weighted by Gasteiger charge is 2.60. The average Bonchev–Trinajstić information content (AvgIpc) is 3.67. The van der Waals surface area contributed by atoms with Crippen LogP contribution in [0.3, 0.4) is 0 Å². The number of fused-ring (bicyclic) bond motifs is 7. The van der Waals surface area contributed by atoms with E-state index in [4.69, 9.17) is 71.1 Å². The fraction of sp³-hybridized carbons (Fsp3) is 0.978. The van der Waals surface area contributed by atoms with Crippen molar-refractivity contribution >= 4 is 5.97 Å². The first-order valence-corrected chi connectivity index (χ1v) is 26.7. The fourth-order valence-corrected chi connectivity index (χ4v) is 11.0. The lowest BCUT2D eigenvalue weighted by atomic mass is 9.95. The zero-order valence-corrected chi connectivity index (χ0v) is 43.7. The molecule has 15 rings (SSSR count). The molecule has 35 atom stereocenters. The van der Waals surface area contributed by atoms with E-state index in [0.717, 1.165) is 0 Å². The molecule has 0 aromatic rings. The van der Waals surface area contributed by atoms with Crippen LogP contribution in [0.15, 0.2) is 0 Å². The van der Waals surface area contributed by atoms with E-state index in [1.165, 1.54) is 0 Å². The van der Waals surface area contributed by atoms with Crippen LogP contribution in [0.2, 0.25) is 0 Å². The first-order valence-electron chi connectivity index (χ1n) is 26.7. The summed E-state index contributed by atoms with van der Waals surface area (Å²) in [5.74, 6) is -1.12. The Morgan fingerprint density at radius 2 is 0.458 bits per heavy atom. The molecule has 15 saturated heterocycles. The van der Waals surface area contributed by atoms with Crippen molar-refractivity contribution in [3.63, 3.8) is 0 Å². The van der Waals surface area contributed by atoms with Gasteiger partial charge >= 0.3 is 5.97 Å². The van der Waals surface area contributed by atoms with Crippen molar-refractivity contribution in [1.29, 1.82) is 0 Å². The van der Waals surface area contributed by atoms with E-state index in [2.05, 4.69) is 0 Å². The van der Waals surface area contributed by atoms with Gasteiger partial charge in [-0.1, -0.05) is 0 Å². The largest absolute Gasteiger partial charge is 0.454 e. The molecule has 15 fully saturated rings. The molecule has 21 N–H and O–H groups in total. The van der Waals surface area contributed by atoms with Gasteiger partial charge in [-0.2, -0.15) is 0 Å². The van der Waals surface area contributed by atoms with Gasteiger partial charge < -0.3 is 178 Å². The topological polar surface area (TPSA) is 580 Å². The molecule has 0 amide bonds. The smallest absolute Gasteiger partial charge is 0.306 e. The zero-order valence-electron chi connectivity index (χ0n) is 43.7. The molecule has 37 heteroatoms. The summed E-state index contributed by atoms with van der Waals surface area (Å²) in [6, 6.07) is 0. The number of hydrogen-bond acceptors (Lipinski definition) is 37. The highest BCUT2D eigenvalue weighted by atomic mass is 16.8. The van der Waals surface area contributed by atoms with E-state index < -0.39 is 280 Å². The van der Waals surface area contributed by atoms with Gasteiger partial charge in [-0.25, -0.2) is 0 Å². The Morgan fingerprint density at radius 1 is 0.265 bits per heavy atom. The van der Waals surface area contributed by atoms with Crippen LogP contribution in [0.1, 0.15) is 12.8 Å². The van der Waals surface area contributed by atoms with Gasteiger partial charge in [-0.15, -0.1) is 0 Å². The van der Waals surface area contributed by atoms with Crippen LogP contribution in [0.25, 0.3) is 0 Å². The second kappa shape index (κ2) is 29.1. The van der Waals surface area contributed by atoms with Gasteiger partial charge in [-0.3, -0.25) is 4.79 Å². The Bertz CT molecular complexity index is 1990. The summed E-state index contributed by atoms with van der Waals surface area (Å²) in [6.45, 7) is -8.06. The van der Waals surface area contributed by atoms with E-state index in [9.17, 15) is 112 Å². The quantitative estimate of drug-likeness (QED) is 0.0854. The zero-order chi connectivity index (χ0) is 60.5. The Labute approximate surface area is 469 Å². The SMILES string of the molecule is O=C(CCCO)O[C@H]1[C@H]2O[C@H]3[C@H](O)[C@@H](O)[C@@H](O[C@H]4[C@H](O)[C@@H](O)[C@@H](O[C@H]5[C@H](O)[C@@H](O)[C@@H](O[C@H]6[C@H](O)[C@@H](O)[C@@H](O[C@H]7[C@H](O)[C@@H](O)[C@@H](O[C@H]8[C@H](O)[C@@H](O)[C@@H](O[C@@H]([C@@H]1O)[C@@H](CO)O2)O[C@@H]8CO)O[C@@H]7CO)O[C@@H]6CO)O[C@@H]5CO)O[C@@H]4CO)O[C@@H]3CO. The lowest BCUT2D eigenvalue weighted by Gasteiger charge is -2.50. The lowest BCUT2D eigenvalue weighted by Crippen LogP contribution is -2.68. The molecule has 83 heavy (non-hydrogen) atoms. The number of aliphatic hydroxyl groups is 21. The van der Waals surface area contributed by atoms with Gasteiger partial charge in [0.05, 0.1) is 46.2 Å². The summed E-state index contributed by atoms with van der Waals surface area (Å²) < 4.78 is 85.9. The van der Waals surface area contributed by atoms with Crippen molar-refractivity contribution in [1.82, 2.24) is 0 Å². The molecular weight excluding hydrogens is 1140 g/mol. The molecular formula is C46H76O37. The van der Waals surface area contributed by atoms with Gasteiger partial charge in [0.2, 0.25) is 0 Å². The molecule has 0 saturated carbocycles. The third-order valence-corrected chi connectivity index (χ3v) is 15.6. The standard InChI is InChI=1S/C46H76O37/c47-3-1-2-18(55)76-39-31(68)38-17(10-54)75-46(39)83-37-16(9-53)74-44(30(67)24(37)61)81-35-14(7-51)72-42(28(65)22(35)59)79-33-12(5-49)70-40(26(63)20(33)57)77-32-11(4-48)69-41(25(62)19(32)56)78-34-13(6-50)71-43(27(64)21(34)58)80-36-15(8-52)73-45(82-38)29(66)23(36)60/h11-17,19-54,56-68H,1-10H2/t11-,12-,13-,14-,15-,16-,17-,19-,20-,21-,22-,23-,24-,25-,26-,27-,28-,29-,30-,31+,32-,33-,34-,35-,36-,37-,38-,39-,40-,41-,42-,43-,44-,45-,46-/m1/s1. The van der Waals surface area contributed by atoms with Crippen LogP contribution in [0, 0.1) is 0 Å². The number of esters is 1. The maximum absolute atomic E-state index is 13.1. The van der Waals surface area contributed by atoms with Gasteiger partial charge in [0, 0.05) is 13.0 Å². The normalized spacial score (nSPS) is 52.1. The minimum absolute atomic E-state index is 0.173. The van der Waals surface area contributed by atoms with E-state index in [0.29, 0.717) is 0 Å². The third-order valence-electron chi connectivity index (χ3n) is 15.6. The molecule has 14 bridgehead atoms. The lowest BCUT2D eigenvalue weighted by molar-refractivity contribution is -0.396. The molecule has 0 unspecified atom stereocenters. The summed E-state index contributed by atoms with van der Waals surface area (Å²) in [5, 5.41) is 231. The van der Waals surface area contributed by atoms with Crippen LogP contribution >= 0.6 is 0 Å². The number of aliphatic hydroxyl groups excluding tert-OH is 21. The van der Waals surface area contributed by atoms with Gasteiger partial charge in [-0.05, 0) is 6.42 Å². The van der Waals surface area contributed by atoms with E-state index in [-0.39, 0.29) is 6.42 Å². The number of carbonyl (C=O) groups excluding carboxylic acids is 1. The molecule has 0 aliphatic carbocycles. The molecule has 0 radical (unpaired) electrons. The fourth-order valence-electron chi connectivity index (χ4n) is 11.0. The second-order valence-corrected chi connectivity index (χ2v) is 20.9. The van der Waals surface area contributed by atoms with Crippen LogP contribution in [0.4, 0.5) is 0 Å². The predicted molar refractivity (Wildman–Crippen MR) is 249 cm³/mol. The first kappa shape index (κ1) is 67.0. The summed E-state index contributed by atoms with van der Waals surface area (Å²) in [4.78, 5) is 13.1. The van der Waals surface area contributed by atoms with Crippen LogP contribution < -0.4 is 0 Å². The number of hydrogen-bond donors (Lipinski definition) is 21. The molecule has 15 aliphatic rings. The van der Waals surface area contributed by atoms with Crippen molar-refractivity contribution < 1.29 is 183 Å². The highest BCUT2D eigenvalue weighted by molar-refractivity contribution is 5.69. The number of ether oxygens (including phenoxy) is 15. The Hall–Kier alpha value is -1.93. The summed E-state index contributed by atoms with van der Waals surface area (Å²) in [5.41, 5.74) is 0. The van der Waals surface area contributed by atoms with Gasteiger partial charge in [0.25, 0.3) is 0 Å². The predicted octanol–water partition coefficient (Wildman–Crippen LogP) is -14.9. The van der Waals surface area contributed by atoms with Crippen molar-refractivity contribution in [3.05, 3.63) is 0 Å². The van der Waals surface area contributed by atoms with Gasteiger partial charge in [0.1, 0.15) is 165 Å². The summed E-state index contributed by atoms with van der Waals surface area (Å²) in [7, 11) is 0. The Morgan fingerprint density at radius 3 is 0.663 bits per heavy atom.